The summed E-state index contributed by atoms with van der Waals surface area (Å²) >= 11 is 0. The third-order valence-corrected chi connectivity index (χ3v) is 3.20. The predicted molar refractivity (Wildman–Crippen MR) is 75.1 cm³/mol. The van der Waals surface area contributed by atoms with Gasteiger partial charge in [-0.15, -0.1) is 0 Å². The molecule has 3 N–H and O–H groups in total. The Morgan fingerprint density at radius 1 is 1.32 bits per heavy atom. The van der Waals surface area contributed by atoms with Crippen LogP contribution in [0.3, 0.4) is 0 Å². The Hall–Kier alpha value is -1.59. The van der Waals surface area contributed by atoms with E-state index in [2.05, 4.69) is 5.32 Å². The number of anilines is 1. The van der Waals surface area contributed by atoms with Gasteiger partial charge >= 0.3 is 6.03 Å². The number of hydrogen-bond acceptors (Lipinski definition) is 3. The van der Waals surface area contributed by atoms with Crippen LogP contribution in [0.25, 0.3) is 0 Å². The number of benzene rings is 1. The molecule has 0 saturated carbocycles. The minimum Gasteiger partial charge on any atom is -0.380 e. The average molecular weight is 263 g/mol. The average Bonchev–Trinajstić information content (AvgIpc) is 2.68. The molecule has 5 nitrogen and oxygen atoms in total. The van der Waals surface area contributed by atoms with E-state index < -0.39 is 0 Å². The molecule has 1 unspecified atom stereocenters. The number of carbonyl (C=O) groups excluding carboxylic acids is 1. The Morgan fingerprint density at radius 3 is 2.74 bits per heavy atom. The minimum atomic E-state index is -0.0703. The fourth-order valence-electron chi connectivity index (χ4n) is 2.02. The maximum atomic E-state index is 12.1. The molecule has 1 atom stereocenters. The van der Waals surface area contributed by atoms with Crippen LogP contribution in [-0.4, -0.2) is 37.2 Å². The number of nitrogens with zero attached hydrogens (tertiary/aromatic N) is 1. The normalized spacial score (nSPS) is 17.7. The lowest BCUT2D eigenvalue weighted by Gasteiger charge is -2.20. The summed E-state index contributed by atoms with van der Waals surface area (Å²) in [5, 5.41) is 2.90. The molecule has 1 aromatic carbocycles. The molecule has 0 aromatic heterocycles. The van der Waals surface area contributed by atoms with Crippen LogP contribution in [0.4, 0.5) is 10.5 Å². The molecule has 0 bridgehead atoms. The molecule has 19 heavy (non-hydrogen) atoms. The zero-order valence-corrected chi connectivity index (χ0v) is 11.3. The molecule has 1 saturated heterocycles. The first kappa shape index (κ1) is 13.8. The molecule has 0 spiro atoms. The Kier molecular flexibility index (Phi) is 4.76. The maximum absolute atomic E-state index is 12.1. The van der Waals surface area contributed by atoms with Gasteiger partial charge in [-0.2, -0.15) is 0 Å². The fourth-order valence-corrected chi connectivity index (χ4v) is 2.02. The number of rotatable bonds is 2. The molecule has 1 aliphatic heterocycles. The van der Waals surface area contributed by atoms with Crippen LogP contribution < -0.4 is 11.1 Å². The van der Waals surface area contributed by atoms with Crippen molar-refractivity contribution in [2.24, 2.45) is 5.73 Å². The van der Waals surface area contributed by atoms with Crippen LogP contribution in [0.1, 0.15) is 24.9 Å². The summed E-state index contributed by atoms with van der Waals surface area (Å²) in [6.07, 6.45) is 0.886. The van der Waals surface area contributed by atoms with Crippen molar-refractivity contribution in [2.75, 3.05) is 31.6 Å². The second kappa shape index (κ2) is 6.54. The molecule has 1 aliphatic rings. The highest BCUT2D eigenvalue weighted by Crippen LogP contribution is 2.14. The number of ether oxygens (including phenoxy) is 1. The van der Waals surface area contributed by atoms with Crippen LogP contribution in [0.15, 0.2) is 24.3 Å². The minimum absolute atomic E-state index is 0.00695. The molecule has 1 fully saturated rings. The first-order chi connectivity index (χ1) is 9.16. The van der Waals surface area contributed by atoms with Gasteiger partial charge in [0.05, 0.1) is 6.61 Å². The predicted octanol–water partition coefficient (Wildman–Crippen LogP) is 1.96. The summed E-state index contributed by atoms with van der Waals surface area (Å²) in [5.41, 5.74) is 7.64. The topological polar surface area (TPSA) is 67.6 Å². The number of amides is 2. The third kappa shape index (κ3) is 3.94. The molecule has 2 rings (SSSR count). The van der Waals surface area contributed by atoms with E-state index in [1.165, 1.54) is 0 Å². The van der Waals surface area contributed by atoms with Gasteiger partial charge in [0.1, 0.15) is 0 Å². The molecule has 2 amide bonds. The second-order valence-corrected chi connectivity index (χ2v) is 4.79. The maximum Gasteiger partial charge on any atom is 0.321 e. The van der Waals surface area contributed by atoms with E-state index in [1.807, 2.05) is 31.2 Å². The van der Waals surface area contributed by atoms with Crippen molar-refractivity contribution < 1.29 is 9.53 Å². The van der Waals surface area contributed by atoms with Crippen molar-refractivity contribution in [3.05, 3.63) is 29.8 Å². The van der Waals surface area contributed by atoms with E-state index in [0.29, 0.717) is 13.2 Å². The summed E-state index contributed by atoms with van der Waals surface area (Å²) in [7, 11) is 0. The molecular formula is C14H21N3O2. The monoisotopic (exact) mass is 263 g/mol. The van der Waals surface area contributed by atoms with E-state index in [1.54, 1.807) is 4.90 Å². The lowest BCUT2D eigenvalue weighted by molar-refractivity contribution is 0.144. The van der Waals surface area contributed by atoms with E-state index in [-0.39, 0.29) is 12.1 Å². The Balaban J connectivity index is 1.94. The molecular weight excluding hydrogens is 242 g/mol. The highest BCUT2D eigenvalue weighted by atomic mass is 16.5. The van der Waals surface area contributed by atoms with Crippen molar-refractivity contribution in [2.45, 2.75) is 19.4 Å². The summed E-state index contributed by atoms with van der Waals surface area (Å²) in [6, 6.07) is 7.57. The smallest absolute Gasteiger partial charge is 0.321 e. The zero-order valence-electron chi connectivity index (χ0n) is 11.3. The molecule has 0 aliphatic carbocycles. The van der Waals surface area contributed by atoms with Gasteiger partial charge in [-0.3, -0.25) is 0 Å². The highest BCUT2D eigenvalue weighted by Gasteiger charge is 2.15. The molecule has 1 heterocycles. The SMILES string of the molecule is CC(N)c1ccc(NC(=O)N2CCCOCC2)cc1. The third-order valence-electron chi connectivity index (χ3n) is 3.20. The lowest BCUT2D eigenvalue weighted by Crippen LogP contribution is -2.36. The zero-order chi connectivity index (χ0) is 13.7. The van der Waals surface area contributed by atoms with Crippen molar-refractivity contribution in [3.8, 4) is 0 Å². The van der Waals surface area contributed by atoms with Crippen molar-refractivity contribution >= 4 is 11.7 Å². The molecule has 104 valence electrons. The van der Waals surface area contributed by atoms with Gasteiger partial charge in [0.2, 0.25) is 0 Å². The Morgan fingerprint density at radius 2 is 2.05 bits per heavy atom. The molecule has 0 radical (unpaired) electrons. The van der Waals surface area contributed by atoms with Gasteiger partial charge < -0.3 is 20.7 Å². The second-order valence-electron chi connectivity index (χ2n) is 4.79. The Labute approximate surface area is 113 Å². The van der Waals surface area contributed by atoms with E-state index >= 15 is 0 Å². The largest absolute Gasteiger partial charge is 0.380 e. The number of nitrogens with two attached hydrogens (primary N) is 1. The van der Waals surface area contributed by atoms with Crippen molar-refractivity contribution in [1.29, 1.82) is 0 Å². The standard InChI is InChI=1S/C14H21N3O2/c1-11(15)12-3-5-13(6-4-12)16-14(18)17-7-2-9-19-10-8-17/h3-6,11H,2,7-10,15H2,1H3,(H,16,18). The number of nitrogens with one attached hydrogen (secondary N) is 1. The summed E-state index contributed by atoms with van der Waals surface area (Å²) < 4.78 is 5.33. The number of carbonyl (C=O) groups is 1. The van der Waals surface area contributed by atoms with E-state index in [4.69, 9.17) is 10.5 Å². The van der Waals surface area contributed by atoms with Crippen molar-refractivity contribution in [1.82, 2.24) is 4.90 Å². The van der Waals surface area contributed by atoms with Gasteiger partial charge in [-0.05, 0) is 31.0 Å². The van der Waals surface area contributed by atoms with Crippen LogP contribution in [0, 0.1) is 0 Å². The van der Waals surface area contributed by atoms with Gasteiger partial charge in [0, 0.05) is 31.4 Å². The number of hydrogen-bond donors (Lipinski definition) is 2. The van der Waals surface area contributed by atoms with Gasteiger partial charge in [0.15, 0.2) is 0 Å². The quantitative estimate of drug-likeness (QED) is 0.857. The summed E-state index contributed by atoms with van der Waals surface area (Å²) in [4.78, 5) is 13.9. The van der Waals surface area contributed by atoms with Gasteiger partial charge in [-0.1, -0.05) is 12.1 Å². The van der Waals surface area contributed by atoms with Crippen LogP contribution in [-0.2, 0) is 4.74 Å². The summed E-state index contributed by atoms with van der Waals surface area (Å²) in [6.45, 7) is 4.65. The molecule has 1 aromatic rings. The van der Waals surface area contributed by atoms with Gasteiger partial charge in [-0.25, -0.2) is 4.79 Å². The fraction of sp³-hybridized carbons (Fsp3) is 0.500. The van der Waals surface area contributed by atoms with E-state index in [0.717, 1.165) is 30.8 Å². The van der Waals surface area contributed by atoms with Crippen molar-refractivity contribution in [3.63, 3.8) is 0 Å². The summed E-state index contributed by atoms with van der Waals surface area (Å²) in [5.74, 6) is 0. The first-order valence-corrected chi connectivity index (χ1v) is 6.66. The highest BCUT2D eigenvalue weighted by molar-refractivity contribution is 5.89. The van der Waals surface area contributed by atoms with Crippen LogP contribution >= 0.6 is 0 Å². The van der Waals surface area contributed by atoms with Crippen LogP contribution in [0.5, 0.6) is 0 Å². The number of urea groups is 1. The van der Waals surface area contributed by atoms with E-state index in [9.17, 15) is 4.79 Å². The van der Waals surface area contributed by atoms with Gasteiger partial charge in [0.25, 0.3) is 0 Å². The Bertz CT molecular complexity index is 409. The lowest BCUT2D eigenvalue weighted by atomic mass is 10.1. The molecule has 5 heteroatoms. The first-order valence-electron chi connectivity index (χ1n) is 6.66. The van der Waals surface area contributed by atoms with Crippen LogP contribution in [0.2, 0.25) is 0 Å².